The van der Waals surface area contributed by atoms with Gasteiger partial charge in [0.1, 0.15) is 11.5 Å². The number of ether oxygens (including phenoxy) is 1. The molecule has 5 heteroatoms. The normalized spacial score (nSPS) is 23.6. The monoisotopic (exact) mass is 235 g/mol. The fraction of sp³-hybridized carbons (Fsp3) is 0.500. The standard InChI is InChI=1S/C12H17N3O2/c1-17-9-6-5-8(7-9)14-12(16)10-3-2-4-11(13)15-10/h2-4,8-9H,5-7H2,1H3,(H2,13,15)(H,14,16). The minimum Gasteiger partial charge on any atom is -0.384 e. The molecule has 2 atom stereocenters. The molecule has 5 nitrogen and oxygen atoms in total. The van der Waals surface area contributed by atoms with Crippen LogP contribution in [0.15, 0.2) is 18.2 Å². The van der Waals surface area contributed by atoms with E-state index in [-0.39, 0.29) is 18.1 Å². The van der Waals surface area contributed by atoms with E-state index < -0.39 is 0 Å². The van der Waals surface area contributed by atoms with E-state index in [4.69, 9.17) is 10.5 Å². The van der Waals surface area contributed by atoms with Crippen LogP contribution < -0.4 is 11.1 Å². The van der Waals surface area contributed by atoms with Crippen molar-refractivity contribution >= 4 is 11.7 Å². The Kier molecular flexibility index (Phi) is 3.58. The quantitative estimate of drug-likeness (QED) is 0.818. The molecule has 1 aromatic rings. The molecule has 2 rings (SSSR count). The molecule has 0 spiro atoms. The van der Waals surface area contributed by atoms with Crippen molar-refractivity contribution in [3.63, 3.8) is 0 Å². The molecule has 1 amide bonds. The summed E-state index contributed by atoms with van der Waals surface area (Å²) in [5.74, 6) is 0.192. The topological polar surface area (TPSA) is 77.2 Å². The second-order valence-corrected chi connectivity index (χ2v) is 4.29. The Morgan fingerprint density at radius 1 is 1.53 bits per heavy atom. The third-order valence-electron chi connectivity index (χ3n) is 3.06. The van der Waals surface area contributed by atoms with Gasteiger partial charge in [0, 0.05) is 13.2 Å². The molecule has 0 saturated heterocycles. The van der Waals surface area contributed by atoms with Crippen molar-refractivity contribution in [2.24, 2.45) is 0 Å². The maximum Gasteiger partial charge on any atom is 0.270 e. The highest BCUT2D eigenvalue weighted by molar-refractivity contribution is 5.92. The lowest BCUT2D eigenvalue weighted by Crippen LogP contribution is -2.34. The van der Waals surface area contributed by atoms with Crippen molar-refractivity contribution in [2.75, 3.05) is 12.8 Å². The zero-order valence-electron chi connectivity index (χ0n) is 9.85. The smallest absolute Gasteiger partial charge is 0.270 e. The Morgan fingerprint density at radius 2 is 2.35 bits per heavy atom. The van der Waals surface area contributed by atoms with E-state index in [1.807, 2.05) is 0 Å². The van der Waals surface area contributed by atoms with Gasteiger partial charge in [-0.15, -0.1) is 0 Å². The molecular weight excluding hydrogens is 218 g/mol. The second kappa shape index (κ2) is 5.14. The number of anilines is 1. The van der Waals surface area contributed by atoms with E-state index in [0.29, 0.717) is 11.5 Å². The summed E-state index contributed by atoms with van der Waals surface area (Å²) in [4.78, 5) is 15.9. The Morgan fingerprint density at radius 3 is 3.00 bits per heavy atom. The molecule has 1 aliphatic rings. The van der Waals surface area contributed by atoms with Crippen LogP contribution >= 0.6 is 0 Å². The number of methoxy groups -OCH3 is 1. The zero-order chi connectivity index (χ0) is 12.3. The van der Waals surface area contributed by atoms with Gasteiger partial charge >= 0.3 is 0 Å². The number of amides is 1. The van der Waals surface area contributed by atoms with Crippen molar-refractivity contribution < 1.29 is 9.53 Å². The maximum absolute atomic E-state index is 11.9. The molecule has 0 bridgehead atoms. The third-order valence-corrected chi connectivity index (χ3v) is 3.06. The largest absolute Gasteiger partial charge is 0.384 e. The number of nitrogens with zero attached hydrogens (tertiary/aromatic N) is 1. The van der Waals surface area contributed by atoms with Crippen molar-refractivity contribution in [3.05, 3.63) is 23.9 Å². The van der Waals surface area contributed by atoms with E-state index in [2.05, 4.69) is 10.3 Å². The van der Waals surface area contributed by atoms with Crippen molar-refractivity contribution in [1.29, 1.82) is 0 Å². The van der Waals surface area contributed by atoms with Gasteiger partial charge in [0.2, 0.25) is 0 Å². The number of nitrogen functional groups attached to an aromatic ring is 1. The van der Waals surface area contributed by atoms with Crippen LogP contribution in [0.5, 0.6) is 0 Å². The highest BCUT2D eigenvalue weighted by atomic mass is 16.5. The van der Waals surface area contributed by atoms with Crippen molar-refractivity contribution in [2.45, 2.75) is 31.4 Å². The first-order valence-electron chi connectivity index (χ1n) is 5.75. The predicted octanol–water partition coefficient (Wildman–Crippen LogP) is 0.961. The summed E-state index contributed by atoms with van der Waals surface area (Å²) in [5, 5.41) is 2.95. The number of nitrogens with two attached hydrogens (primary N) is 1. The Balaban J connectivity index is 1.94. The third kappa shape index (κ3) is 2.94. The molecule has 1 aliphatic carbocycles. The molecule has 0 aromatic carbocycles. The van der Waals surface area contributed by atoms with Crippen LogP contribution in [-0.2, 0) is 4.74 Å². The maximum atomic E-state index is 11.9. The molecule has 2 unspecified atom stereocenters. The first kappa shape index (κ1) is 11.9. The van der Waals surface area contributed by atoms with Gasteiger partial charge in [-0.25, -0.2) is 4.98 Å². The van der Waals surface area contributed by atoms with Crippen molar-refractivity contribution in [1.82, 2.24) is 10.3 Å². The van der Waals surface area contributed by atoms with E-state index in [0.717, 1.165) is 19.3 Å². The summed E-state index contributed by atoms with van der Waals surface area (Å²) in [7, 11) is 1.70. The molecule has 1 fully saturated rings. The average molecular weight is 235 g/mol. The van der Waals surface area contributed by atoms with Gasteiger partial charge in [-0.05, 0) is 31.4 Å². The molecule has 1 saturated carbocycles. The SMILES string of the molecule is COC1CCC(NC(=O)c2cccc(N)n2)C1. The molecule has 0 radical (unpaired) electrons. The summed E-state index contributed by atoms with van der Waals surface area (Å²) in [5.41, 5.74) is 5.90. The van der Waals surface area contributed by atoms with E-state index in [1.54, 1.807) is 25.3 Å². The van der Waals surface area contributed by atoms with Gasteiger partial charge in [-0.1, -0.05) is 6.07 Å². The Bertz CT molecular complexity index is 408. The highest BCUT2D eigenvalue weighted by Gasteiger charge is 2.26. The van der Waals surface area contributed by atoms with Crippen LogP contribution in [0, 0.1) is 0 Å². The number of rotatable bonds is 3. The first-order chi connectivity index (χ1) is 8.19. The van der Waals surface area contributed by atoms with Gasteiger partial charge in [0.15, 0.2) is 0 Å². The lowest BCUT2D eigenvalue weighted by molar-refractivity contribution is 0.0910. The Hall–Kier alpha value is -1.62. The number of aromatic nitrogens is 1. The molecule has 1 aromatic heterocycles. The van der Waals surface area contributed by atoms with Crippen molar-refractivity contribution in [3.8, 4) is 0 Å². The summed E-state index contributed by atoms with van der Waals surface area (Å²) >= 11 is 0. The van der Waals surface area contributed by atoms with Gasteiger partial charge in [-0.2, -0.15) is 0 Å². The second-order valence-electron chi connectivity index (χ2n) is 4.29. The van der Waals surface area contributed by atoms with Gasteiger partial charge in [0.05, 0.1) is 6.10 Å². The lowest BCUT2D eigenvalue weighted by atomic mass is 10.2. The van der Waals surface area contributed by atoms with Gasteiger partial charge in [0.25, 0.3) is 5.91 Å². The Labute approximate surface area is 100 Å². The minimum atomic E-state index is -0.168. The summed E-state index contributed by atoms with van der Waals surface area (Å²) < 4.78 is 5.26. The number of carbonyl (C=O) groups is 1. The van der Waals surface area contributed by atoms with Gasteiger partial charge in [-0.3, -0.25) is 4.79 Å². The highest BCUT2D eigenvalue weighted by Crippen LogP contribution is 2.21. The number of nitrogens with one attached hydrogen (secondary N) is 1. The number of pyridine rings is 1. The fourth-order valence-corrected chi connectivity index (χ4v) is 2.12. The molecule has 0 aliphatic heterocycles. The van der Waals surface area contributed by atoms with Crippen LogP contribution in [0.25, 0.3) is 0 Å². The van der Waals surface area contributed by atoms with E-state index in [1.165, 1.54) is 0 Å². The van der Waals surface area contributed by atoms with E-state index >= 15 is 0 Å². The van der Waals surface area contributed by atoms with Crippen LogP contribution in [0.2, 0.25) is 0 Å². The number of hydrogen-bond donors (Lipinski definition) is 2. The van der Waals surface area contributed by atoms with Crippen LogP contribution in [0.1, 0.15) is 29.8 Å². The average Bonchev–Trinajstić information content (AvgIpc) is 2.77. The van der Waals surface area contributed by atoms with Gasteiger partial charge < -0.3 is 15.8 Å². The molecular formula is C12H17N3O2. The van der Waals surface area contributed by atoms with Crippen LogP contribution in [-0.4, -0.2) is 30.1 Å². The summed E-state index contributed by atoms with van der Waals surface area (Å²) in [6.07, 6.45) is 3.07. The molecule has 3 N–H and O–H groups in total. The molecule has 92 valence electrons. The minimum absolute atomic E-state index is 0.168. The summed E-state index contributed by atoms with van der Waals surface area (Å²) in [6.45, 7) is 0. The molecule has 17 heavy (non-hydrogen) atoms. The fourth-order valence-electron chi connectivity index (χ4n) is 2.12. The molecule has 1 heterocycles. The van der Waals surface area contributed by atoms with E-state index in [9.17, 15) is 4.79 Å². The first-order valence-corrected chi connectivity index (χ1v) is 5.75. The zero-order valence-corrected chi connectivity index (χ0v) is 9.85. The number of hydrogen-bond acceptors (Lipinski definition) is 4. The van der Waals surface area contributed by atoms with Crippen LogP contribution in [0.3, 0.4) is 0 Å². The lowest BCUT2D eigenvalue weighted by Gasteiger charge is -2.12. The predicted molar refractivity (Wildman–Crippen MR) is 64.6 cm³/mol. The van der Waals surface area contributed by atoms with Crippen LogP contribution in [0.4, 0.5) is 5.82 Å². The summed E-state index contributed by atoms with van der Waals surface area (Å²) in [6, 6.07) is 5.22. The number of carbonyl (C=O) groups excluding carboxylic acids is 1.